The Morgan fingerprint density at radius 3 is 2.64 bits per heavy atom. The van der Waals surface area contributed by atoms with Crippen LogP contribution in [0.15, 0.2) is 0 Å². The van der Waals surface area contributed by atoms with E-state index >= 15 is 0 Å². The van der Waals surface area contributed by atoms with E-state index in [2.05, 4.69) is 20.8 Å². The highest BCUT2D eigenvalue weighted by molar-refractivity contribution is 9.09. The van der Waals surface area contributed by atoms with Gasteiger partial charge in [-0.1, -0.05) is 15.9 Å². The summed E-state index contributed by atoms with van der Waals surface area (Å²) in [7, 11) is 1.76. The minimum absolute atomic E-state index is 0.228. The van der Waals surface area contributed by atoms with E-state index in [1.165, 1.54) is 12.8 Å². The molecule has 0 aliphatic carbocycles. The van der Waals surface area contributed by atoms with Crippen molar-refractivity contribution in [2.45, 2.75) is 18.9 Å². The van der Waals surface area contributed by atoms with Gasteiger partial charge in [-0.05, 0) is 31.8 Å². The maximum Gasteiger partial charge on any atom is 0.0763 e. The summed E-state index contributed by atoms with van der Waals surface area (Å²) in [5.74, 6) is 0.720. The Labute approximate surface area is 94.6 Å². The van der Waals surface area contributed by atoms with E-state index in [0.29, 0.717) is 5.33 Å². The average molecular weight is 266 g/mol. The first-order valence-corrected chi connectivity index (χ1v) is 6.33. The molecular formula is C10H20BrNO2. The second-order valence-electron chi connectivity index (χ2n) is 4.01. The lowest BCUT2D eigenvalue weighted by Crippen LogP contribution is -2.40. The van der Waals surface area contributed by atoms with Crippen molar-refractivity contribution in [3.63, 3.8) is 0 Å². The van der Waals surface area contributed by atoms with Gasteiger partial charge in [0.1, 0.15) is 0 Å². The number of hydrogen-bond donors (Lipinski definition) is 1. The molecule has 1 atom stereocenters. The van der Waals surface area contributed by atoms with Crippen LogP contribution in [0.5, 0.6) is 0 Å². The fourth-order valence-electron chi connectivity index (χ4n) is 1.92. The zero-order valence-corrected chi connectivity index (χ0v) is 10.4. The van der Waals surface area contributed by atoms with Crippen molar-refractivity contribution in [1.82, 2.24) is 4.90 Å². The lowest BCUT2D eigenvalue weighted by Gasteiger charge is -2.32. The monoisotopic (exact) mass is 265 g/mol. The van der Waals surface area contributed by atoms with Crippen molar-refractivity contribution in [2.75, 3.05) is 38.7 Å². The SMILES string of the molecule is COCC1CCN(CC(O)CBr)CC1. The molecule has 1 N–H and O–H groups in total. The van der Waals surface area contributed by atoms with Crippen molar-refractivity contribution in [3.8, 4) is 0 Å². The smallest absolute Gasteiger partial charge is 0.0763 e. The van der Waals surface area contributed by atoms with Crippen LogP contribution in [0.2, 0.25) is 0 Å². The summed E-state index contributed by atoms with van der Waals surface area (Å²) >= 11 is 3.28. The van der Waals surface area contributed by atoms with Crippen molar-refractivity contribution in [3.05, 3.63) is 0 Å². The number of piperidine rings is 1. The predicted octanol–water partition coefficient (Wildman–Crippen LogP) is 1.10. The summed E-state index contributed by atoms with van der Waals surface area (Å²) in [6.45, 7) is 3.87. The summed E-state index contributed by atoms with van der Waals surface area (Å²) < 4.78 is 5.14. The number of methoxy groups -OCH3 is 1. The standard InChI is InChI=1S/C10H20BrNO2/c1-14-8-9-2-4-12(5-3-9)7-10(13)6-11/h9-10,13H,2-8H2,1H3. The minimum atomic E-state index is -0.228. The van der Waals surface area contributed by atoms with Gasteiger partial charge in [-0.3, -0.25) is 0 Å². The quantitative estimate of drug-likeness (QED) is 0.756. The highest BCUT2D eigenvalue weighted by Crippen LogP contribution is 2.17. The van der Waals surface area contributed by atoms with E-state index in [4.69, 9.17) is 4.74 Å². The van der Waals surface area contributed by atoms with E-state index in [9.17, 15) is 5.11 Å². The summed E-state index contributed by atoms with van der Waals surface area (Å²) in [4.78, 5) is 2.33. The number of rotatable bonds is 5. The highest BCUT2D eigenvalue weighted by atomic mass is 79.9. The Kier molecular flexibility index (Phi) is 6.01. The van der Waals surface area contributed by atoms with Crippen LogP contribution in [0.25, 0.3) is 0 Å². The first-order chi connectivity index (χ1) is 6.76. The molecule has 0 aromatic heterocycles. The van der Waals surface area contributed by atoms with Gasteiger partial charge in [0.05, 0.1) is 6.10 Å². The molecule has 1 unspecified atom stereocenters. The topological polar surface area (TPSA) is 32.7 Å². The average Bonchev–Trinajstić information content (AvgIpc) is 2.21. The van der Waals surface area contributed by atoms with Crippen LogP contribution in [0.1, 0.15) is 12.8 Å². The molecule has 1 aliphatic heterocycles. The number of ether oxygens (including phenoxy) is 1. The van der Waals surface area contributed by atoms with Gasteiger partial charge in [0, 0.05) is 25.6 Å². The predicted molar refractivity (Wildman–Crippen MR) is 60.8 cm³/mol. The lowest BCUT2D eigenvalue weighted by molar-refractivity contribution is 0.0734. The van der Waals surface area contributed by atoms with E-state index in [1.54, 1.807) is 7.11 Å². The molecule has 0 aromatic rings. The summed E-state index contributed by atoms with van der Waals surface area (Å²) in [5.41, 5.74) is 0. The fraction of sp³-hybridized carbons (Fsp3) is 1.00. The second kappa shape index (κ2) is 6.77. The first-order valence-electron chi connectivity index (χ1n) is 5.21. The molecule has 14 heavy (non-hydrogen) atoms. The van der Waals surface area contributed by atoms with Gasteiger partial charge in [0.25, 0.3) is 0 Å². The largest absolute Gasteiger partial charge is 0.391 e. The molecule has 0 saturated carbocycles. The Bertz CT molecular complexity index is 149. The maximum atomic E-state index is 9.47. The van der Waals surface area contributed by atoms with Crippen LogP contribution in [-0.2, 0) is 4.74 Å². The number of nitrogens with zero attached hydrogens (tertiary/aromatic N) is 1. The van der Waals surface area contributed by atoms with Crippen LogP contribution in [-0.4, -0.2) is 54.8 Å². The number of hydrogen-bond acceptors (Lipinski definition) is 3. The Morgan fingerprint density at radius 2 is 2.14 bits per heavy atom. The normalized spacial score (nSPS) is 22.5. The molecule has 0 bridgehead atoms. The van der Waals surface area contributed by atoms with E-state index in [-0.39, 0.29) is 6.10 Å². The molecule has 3 nitrogen and oxygen atoms in total. The maximum absolute atomic E-state index is 9.47. The van der Waals surface area contributed by atoms with Crippen molar-refractivity contribution >= 4 is 15.9 Å². The van der Waals surface area contributed by atoms with Gasteiger partial charge in [0.15, 0.2) is 0 Å². The van der Waals surface area contributed by atoms with Crippen molar-refractivity contribution in [2.24, 2.45) is 5.92 Å². The Hall–Kier alpha value is 0.360. The third-order valence-corrected chi connectivity index (χ3v) is 3.50. The fourth-order valence-corrected chi connectivity index (χ4v) is 2.12. The highest BCUT2D eigenvalue weighted by Gasteiger charge is 2.20. The third kappa shape index (κ3) is 4.26. The summed E-state index contributed by atoms with van der Waals surface area (Å²) in [6.07, 6.45) is 2.17. The van der Waals surface area contributed by atoms with E-state index in [0.717, 1.165) is 32.2 Å². The van der Waals surface area contributed by atoms with Crippen LogP contribution in [0.4, 0.5) is 0 Å². The molecule has 4 heteroatoms. The second-order valence-corrected chi connectivity index (χ2v) is 4.65. The van der Waals surface area contributed by atoms with E-state index in [1.807, 2.05) is 0 Å². The van der Waals surface area contributed by atoms with Crippen LogP contribution >= 0.6 is 15.9 Å². The molecule has 1 rings (SSSR count). The lowest BCUT2D eigenvalue weighted by atomic mass is 9.98. The van der Waals surface area contributed by atoms with Gasteiger partial charge < -0.3 is 14.7 Å². The number of likely N-dealkylation sites (tertiary alicyclic amines) is 1. The van der Waals surface area contributed by atoms with Crippen LogP contribution in [0.3, 0.4) is 0 Å². The molecule has 0 amide bonds. The molecular weight excluding hydrogens is 246 g/mol. The molecule has 84 valence electrons. The molecule has 1 saturated heterocycles. The zero-order valence-electron chi connectivity index (χ0n) is 8.79. The minimum Gasteiger partial charge on any atom is -0.391 e. The van der Waals surface area contributed by atoms with Gasteiger partial charge in [-0.15, -0.1) is 0 Å². The Balaban J connectivity index is 2.15. The number of β-amino-alcohol motifs (C(OH)–C–C–N with tert-alkyl or cyclic N) is 1. The van der Waals surface area contributed by atoms with Crippen molar-refractivity contribution in [1.29, 1.82) is 0 Å². The van der Waals surface area contributed by atoms with E-state index < -0.39 is 0 Å². The molecule has 0 aromatic carbocycles. The van der Waals surface area contributed by atoms with Gasteiger partial charge >= 0.3 is 0 Å². The summed E-state index contributed by atoms with van der Waals surface area (Å²) in [6, 6.07) is 0. The number of alkyl halides is 1. The number of halogens is 1. The van der Waals surface area contributed by atoms with Gasteiger partial charge in [-0.25, -0.2) is 0 Å². The van der Waals surface area contributed by atoms with Crippen molar-refractivity contribution < 1.29 is 9.84 Å². The van der Waals surface area contributed by atoms with Crippen LogP contribution in [0, 0.1) is 5.92 Å². The first kappa shape index (κ1) is 12.4. The molecule has 1 heterocycles. The molecule has 1 aliphatic rings. The van der Waals surface area contributed by atoms with Gasteiger partial charge in [0.2, 0.25) is 0 Å². The Morgan fingerprint density at radius 1 is 1.50 bits per heavy atom. The van der Waals surface area contributed by atoms with Gasteiger partial charge in [-0.2, -0.15) is 0 Å². The molecule has 0 spiro atoms. The number of aliphatic hydroxyl groups excluding tert-OH is 1. The molecule has 1 fully saturated rings. The zero-order chi connectivity index (χ0) is 10.4. The molecule has 0 radical (unpaired) electrons. The number of aliphatic hydroxyl groups is 1. The third-order valence-electron chi connectivity index (χ3n) is 2.76. The van der Waals surface area contributed by atoms with Crippen LogP contribution < -0.4 is 0 Å². The summed E-state index contributed by atoms with van der Waals surface area (Å²) in [5, 5.41) is 10.1.